The van der Waals surface area contributed by atoms with Crippen LogP contribution in [-0.2, 0) is 5.33 Å². The molecule has 0 aliphatic carbocycles. The minimum atomic E-state index is 0.775. The molecular formula is C13H12BrNO. The molecule has 16 heavy (non-hydrogen) atoms. The minimum absolute atomic E-state index is 0.775. The Bertz CT molecular complexity index is 468. The first kappa shape index (κ1) is 11.1. The molecule has 0 radical (unpaired) electrons. The molecule has 2 nitrogen and oxygen atoms in total. The predicted molar refractivity (Wildman–Crippen MR) is 68.9 cm³/mol. The van der Waals surface area contributed by atoms with E-state index in [1.807, 2.05) is 36.5 Å². The number of rotatable bonds is 3. The van der Waals surface area contributed by atoms with Crippen LogP contribution >= 0.6 is 15.9 Å². The summed E-state index contributed by atoms with van der Waals surface area (Å²) in [7, 11) is 1.67. The molecule has 2 rings (SSSR count). The van der Waals surface area contributed by atoms with E-state index in [4.69, 9.17) is 4.74 Å². The summed E-state index contributed by atoms with van der Waals surface area (Å²) in [6, 6.07) is 12.1. The van der Waals surface area contributed by atoms with Gasteiger partial charge in [0, 0.05) is 11.5 Å². The third kappa shape index (κ3) is 2.42. The molecule has 0 aliphatic heterocycles. The summed E-state index contributed by atoms with van der Waals surface area (Å²) in [5.41, 5.74) is 3.38. The second-order valence-electron chi connectivity index (χ2n) is 3.40. The molecular weight excluding hydrogens is 266 g/mol. The van der Waals surface area contributed by atoms with Crippen LogP contribution in [0.15, 0.2) is 42.6 Å². The number of halogens is 1. The summed E-state index contributed by atoms with van der Waals surface area (Å²) < 4.78 is 5.13. The summed E-state index contributed by atoms with van der Waals surface area (Å²) in [6.45, 7) is 0. The van der Waals surface area contributed by atoms with Crippen LogP contribution in [0.4, 0.5) is 0 Å². The van der Waals surface area contributed by atoms with Crippen molar-refractivity contribution in [1.29, 1.82) is 0 Å². The lowest BCUT2D eigenvalue weighted by molar-refractivity contribution is 0.415. The molecule has 0 fully saturated rings. The quantitative estimate of drug-likeness (QED) is 0.799. The molecule has 0 amide bonds. The van der Waals surface area contributed by atoms with Crippen molar-refractivity contribution < 1.29 is 4.74 Å². The normalized spacial score (nSPS) is 10.1. The molecule has 1 aromatic carbocycles. The number of hydrogen-bond donors (Lipinski definition) is 0. The highest BCUT2D eigenvalue weighted by Gasteiger charge is 2.00. The number of benzene rings is 1. The monoisotopic (exact) mass is 277 g/mol. The van der Waals surface area contributed by atoms with E-state index in [1.165, 1.54) is 11.1 Å². The molecule has 1 aromatic heterocycles. The number of alkyl halides is 1. The van der Waals surface area contributed by atoms with Crippen LogP contribution in [0.25, 0.3) is 11.1 Å². The van der Waals surface area contributed by atoms with E-state index < -0.39 is 0 Å². The highest BCUT2D eigenvalue weighted by Crippen LogP contribution is 2.22. The van der Waals surface area contributed by atoms with Gasteiger partial charge in [-0.15, -0.1) is 0 Å². The van der Waals surface area contributed by atoms with Crippen molar-refractivity contribution in [2.24, 2.45) is 0 Å². The number of aromatic nitrogens is 1. The maximum atomic E-state index is 5.13. The number of nitrogens with zero attached hydrogens (tertiary/aromatic N) is 1. The van der Waals surface area contributed by atoms with Gasteiger partial charge >= 0.3 is 0 Å². The Labute approximate surface area is 103 Å². The first-order valence-electron chi connectivity index (χ1n) is 4.99. The summed E-state index contributed by atoms with van der Waals surface area (Å²) in [5, 5.41) is 0.775. The Balaban J connectivity index is 2.34. The van der Waals surface area contributed by atoms with Crippen molar-refractivity contribution in [2.45, 2.75) is 5.33 Å². The van der Waals surface area contributed by atoms with Gasteiger partial charge in [0.25, 0.3) is 0 Å². The average Bonchev–Trinajstić information content (AvgIpc) is 2.39. The fraction of sp³-hybridized carbons (Fsp3) is 0.154. The van der Waals surface area contributed by atoms with Crippen molar-refractivity contribution in [1.82, 2.24) is 4.98 Å². The first-order valence-corrected chi connectivity index (χ1v) is 6.11. The highest BCUT2D eigenvalue weighted by molar-refractivity contribution is 9.08. The van der Waals surface area contributed by atoms with E-state index in [0.717, 1.165) is 16.8 Å². The van der Waals surface area contributed by atoms with Crippen LogP contribution in [0.2, 0.25) is 0 Å². The molecule has 0 N–H and O–H groups in total. The van der Waals surface area contributed by atoms with Crippen molar-refractivity contribution in [3.8, 4) is 16.9 Å². The maximum absolute atomic E-state index is 5.13. The van der Waals surface area contributed by atoms with Gasteiger partial charge in [-0.1, -0.05) is 28.1 Å². The van der Waals surface area contributed by atoms with Gasteiger partial charge in [-0.25, -0.2) is 0 Å². The first-order chi connectivity index (χ1) is 7.83. The van der Waals surface area contributed by atoms with Gasteiger partial charge in [0.1, 0.15) is 5.75 Å². The molecule has 2 aromatic rings. The van der Waals surface area contributed by atoms with E-state index in [9.17, 15) is 0 Å². The largest absolute Gasteiger partial charge is 0.497 e. The lowest BCUT2D eigenvalue weighted by Gasteiger charge is -2.04. The second-order valence-corrected chi connectivity index (χ2v) is 3.96. The molecule has 0 saturated carbocycles. The van der Waals surface area contributed by atoms with Crippen LogP contribution in [0.5, 0.6) is 5.75 Å². The molecule has 82 valence electrons. The molecule has 0 atom stereocenters. The molecule has 0 aliphatic rings. The lowest BCUT2D eigenvalue weighted by Crippen LogP contribution is -1.86. The van der Waals surface area contributed by atoms with E-state index in [1.54, 1.807) is 7.11 Å². The molecule has 0 saturated heterocycles. The van der Waals surface area contributed by atoms with Gasteiger partial charge in [-0.05, 0) is 35.4 Å². The maximum Gasteiger partial charge on any atom is 0.118 e. The van der Waals surface area contributed by atoms with Crippen molar-refractivity contribution >= 4 is 15.9 Å². The van der Waals surface area contributed by atoms with Gasteiger partial charge in [-0.3, -0.25) is 4.98 Å². The standard InChI is InChI=1S/C13H12BrNO/c1-16-13-4-2-10(3-5-13)11-6-7-15-12(8-11)9-14/h2-8H,9H2,1H3. The second kappa shape index (κ2) is 5.12. The molecule has 1 heterocycles. The Morgan fingerprint density at radius 2 is 1.88 bits per heavy atom. The fourth-order valence-corrected chi connectivity index (χ4v) is 1.82. The third-order valence-electron chi connectivity index (χ3n) is 2.38. The summed E-state index contributed by atoms with van der Waals surface area (Å²) in [6.07, 6.45) is 1.83. The predicted octanol–water partition coefficient (Wildman–Crippen LogP) is 3.65. The van der Waals surface area contributed by atoms with Crippen LogP contribution in [-0.4, -0.2) is 12.1 Å². The van der Waals surface area contributed by atoms with E-state index in [0.29, 0.717) is 0 Å². The van der Waals surface area contributed by atoms with Crippen molar-refractivity contribution in [3.63, 3.8) is 0 Å². The molecule has 3 heteroatoms. The number of pyridine rings is 1. The van der Waals surface area contributed by atoms with Crippen LogP contribution < -0.4 is 4.74 Å². The van der Waals surface area contributed by atoms with Crippen LogP contribution in [0.3, 0.4) is 0 Å². The zero-order valence-corrected chi connectivity index (χ0v) is 10.6. The van der Waals surface area contributed by atoms with E-state index in [2.05, 4.69) is 27.0 Å². The van der Waals surface area contributed by atoms with E-state index >= 15 is 0 Å². The number of ether oxygens (including phenoxy) is 1. The van der Waals surface area contributed by atoms with Crippen molar-refractivity contribution in [3.05, 3.63) is 48.3 Å². The van der Waals surface area contributed by atoms with Gasteiger partial charge < -0.3 is 4.74 Å². The zero-order valence-electron chi connectivity index (χ0n) is 8.98. The molecule has 0 unspecified atom stereocenters. The number of hydrogen-bond acceptors (Lipinski definition) is 2. The van der Waals surface area contributed by atoms with Gasteiger partial charge in [0.15, 0.2) is 0 Å². The van der Waals surface area contributed by atoms with Gasteiger partial charge in [-0.2, -0.15) is 0 Å². The fourth-order valence-electron chi connectivity index (χ4n) is 1.51. The van der Waals surface area contributed by atoms with Gasteiger partial charge in [0.05, 0.1) is 12.8 Å². The third-order valence-corrected chi connectivity index (χ3v) is 2.95. The minimum Gasteiger partial charge on any atom is -0.497 e. The van der Waals surface area contributed by atoms with Gasteiger partial charge in [0.2, 0.25) is 0 Å². The Morgan fingerprint density at radius 3 is 2.50 bits per heavy atom. The topological polar surface area (TPSA) is 22.1 Å². The molecule has 0 bridgehead atoms. The smallest absolute Gasteiger partial charge is 0.118 e. The summed E-state index contributed by atoms with van der Waals surface area (Å²) >= 11 is 3.40. The van der Waals surface area contributed by atoms with Crippen LogP contribution in [0, 0.1) is 0 Å². The Morgan fingerprint density at radius 1 is 1.12 bits per heavy atom. The lowest BCUT2D eigenvalue weighted by atomic mass is 10.1. The number of methoxy groups -OCH3 is 1. The SMILES string of the molecule is COc1ccc(-c2ccnc(CBr)c2)cc1. The van der Waals surface area contributed by atoms with E-state index in [-0.39, 0.29) is 0 Å². The zero-order chi connectivity index (χ0) is 11.4. The molecule has 0 spiro atoms. The summed E-state index contributed by atoms with van der Waals surface area (Å²) in [4.78, 5) is 4.25. The Hall–Kier alpha value is -1.35. The van der Waals surface area contributed by atoms with Crippen molar-refractivity contribution in [2.75, 3.05) is 7.11 Å². The summed E-state index contributed by atoms with van der Waals surface area (Å²) in [5.74, 6) is 0.874. The Kier molecular flexibility index (Phi) is 3.57. The average molecular weight is 278 g/mol. The highest BCUT2D eigenvalue weighted by atomic mass is 79.9. The van der Waals surface area contributed by atoms with Crippen LogP contribution in [0.1, 0.15) is 5.69 Å².